The lowest BCUT2D eigenvalue weighted by atomic mass is 10.0. The Morgan fingerprint density at radius 2 is 1.97 bits per heavy atom. The molecule has 0 unspecified atom stereocenters. The Balaban J connectivity index is 1.82. The molecule has 4 rings (SSSR count). The van der Waals surface area contributed by atoms with Gasteiger partial charge in [0.25, 0.3) is 5.91 Å². The molecule has 0 saturated heterocycles. The number of rotatable bonds is 3. The first-order valence-electron chi connectivity index (χ1n) is 8.61. The molecule has 2 aromatic carbocycles. The van der Waals surface area contributed by atoms with Crippen LogP contribution in [0.1, 0.15) is 12.5 Å². The third-order valence-corrected chi connectivity index (χ3v) is 4.95. The molecule has 2 aliphatic rings. The van der Waals surface area contributed by atoms with Crippen LogP contribution in [0.25, 0.3) is 6.08 Å². The Morgan fingerprint density at radius 1 is 1.21 bits per heavy atom. The molecular weight excluding hydrogens is 401 g/mol. The summed E-state index contributed by atoms with van der Waals surface area (Å²) in [6.07, 6.45) is 1.57. The predicted octanol–water partition coefficient (Wildman–Crippen LogP) is 4.09. The molecule has 0 saturated carbocycles. The van der Waals surface area contributed by atoms with E-state index >= 15 is 0 Å². The van der Waals surface area contributed by atoms with Crippen LogP contribution in [0.5, 0.6) is 11.5 Å². The summed E-state index contributed by atoms with van der Waals surface area (Å²) in [5.41, 5.74) is 1.61. The van der Waals surface area contributed by atoms with Crippen LogP contribution in [-0.4, -0.2) is 25.8 Å². The van der Waals surface area contributed by atoms with E-state index in [4.69, 9.17) is 25.8 Å². The van der Waals surface area contributed by atoms with Gasteiger partial charge in [-0.25, -0.2) is 9.18 Å². The van der Waals surface area contributed by atoms with Crippen LogP contribution in [0, 0.1) is 5.82 Å². The molecule has 6 nitrogen and oxygen atoms in total. The van der Waals surface area contributed by atoms with Crippen molar-refractivity contribution in [3.63, 3.8) is 0 Å². The van der Waals surface area contributed by atoms with Crippen molar-refractivity contribution in [3.8, 4) is 11.5 Å². The average molecular weight is 416 g/mol. The van der Waals surface area contributed by atoms with Gasteiger partial charge >= 0.3 is 5.97 Å². The number of amides is 1. The second-order valence-electron chi connectivity index (χ2n) is 6.36. The zero-order chi connectivity index (χ0) is 20.7. The summed E-state index contributed by atoms with van der Waals surface area (Å²) in [6, 6.07) is 9.09. The highest BCUT2D eigenvalue weighted by Crippen LogP contribution is 2.38. The summed E-state index contributed by atoms with van der Waals surface area (Å²) in [5, 5.41) is -0.129. The van der Waals surface area contributed by atoms with Gasteiger partial charge in [-0.3, -0.25) is 9.69 Å². The molecule has 0 aromatic heterocycles. The van der Waals surface area contributed by atoms with Crippen molar-refractivity contribution in [2.75, 3.05) is 18.8 Å². The first-order chi connectivity index (χ1) is 13.9. The van der Waals surface area contributed by atoms with Gasteiger partial charge in [-0.05, 0) is 48.9 Å². The van der Waals surface area contributed by atoms with Crippen molar-refractivity contribution in [2.24, 2.45) is 0 Å². The zero-order valence-corrected chi connectivity index (χ0v) is 16.2. The van der Waals surface area contributed by atoms with Crippen LogP contribution >= 0.6 is 11.6 Å². The fourth-order valence-corrected chi connectivity index (χ4v) is 3.46. The van der Waals surface area contributed by atoms with Crippen molar-refractivity contribution in [1.29, 1.82) is 0 Å². The number of hydrogen-bond donors (Lipinski definition) is 0. The minimum absolute atomic E-state index is 0.121. The maximum Gasteiger partial charge on any atom is 0.340 e. The van der Waals surface area contributed by atoms with E-state index < -0.39 is 17.7 Å². The summed E-state index contributed by atoms with van der Waals surface area (Å²) < 4.78 is 29.1. The van der Waals surface area contributed by atoms with Gasteiger partial charge in [-0.15, -0.1) is 0 Å². The minimum Gasteiger partial charge on any atom is -0.465 e. The fourth-order valence-electron chi connectivity index (χ4n) is 3.28. The van der Waals surface area contributed by atoms with Gasteiger partial charge in [0.15, 0.2) is 11.5 Å². The normalized spacial score (nSPS) is 16.8. The Kier molecular flexibility index (Phi) is 4.76. The molecule has 0 aliphatic carbocycles. The van der Waals surface area contributed by atoms with Crippen LogP contribution in [0.4, 0.5) is 10.1 Å². The SMILES string of the molecule is COC(=O)C1=C(C)N(c2ccc(F)c(Cl)c2)C(=O)/C1=C\c1ccc2c(c1)OCO2. The average Bonchev–Trinajstić information content (AvgIpc) is 3.26. The third kappa shape index (κ3) is 3.23. The number of benzene rings is 2. The molecule has 0 radical (unpaired) electrons. The molecule has 0 spiro atoms. The quantitative estimate of drug-likeness (QED) is 0.558. The van der Waals surface area contributed by atoms with E-state index in [1.807, 2.05) is 0 Å². The molecular formula is C21H15ClFNO5. The summed E-state index contributed by atoms with van der Waals surface area (Å²) in [6.45, 7) is 1.74. The van der Waals surface area contributed by atoms with Gasteiger partial charge in [0.1, 0.15) is 5.82 Å². The van der Waals surface area contributed by atoms with Crippen LogP contribution in [0.3, 0.4) is 0 Å². The minimum atomic E-state index is -0.654. The van der Waals surface area contributed by atoms with E-state index in [1.54, 1.807) is 31.2 Å². The number of carbonyl (C=O) groups is 2. The zero-order valence-electron chi connectivity index (χ0n) is 15.5. The van der Waals surface area contributed by atoms with Crippen LogP contribution in [-0.2, 0) is 14.3 Å². The Bertz CT molecular complexity index is 1110. The van der Waals surface area contributed by atoms with Crippen LogP contribution in [0.15, 0.2) is 53.2 Å². The number of anilines is 1. The molecule has 2 heterocycles. The van der Waals surface area contributed by atoms with E-state index in [2.05, 4.69) is 0 Å². The number of carbonyl (C=O) groups excluding carboxylic acids is 2. The highest BCUT2D eigenvalue weighted by Gasteiger charge is 2.38. The van der Waals surface area contributed by atoms with Gasteiger partial charge in [-0.1, -0.05) is 17.7 Å². The molecule has 0 atom stereocenters. The first-order valence-corrected chi connectivity index (χ1v) is 8.99. The maximum atomic E-state index is 13.6. The monoisotopic (exact) mass is 415 g/mol. The number of esters is 1. The van der Waals surface area contributed by atoms with E-state index in [9.17, 15) is 14.0 Å². The van der Waals surface area contributed by atoms with E-state index in [1.165, 1.54) is 24.1 Å². The third-order valence-electron chi connectivity index (χ3n) is 4.66. The number of hydrogen-bond acceptors (Lipinski definition) is 5. The lowest BCUT2D eigenvalue weighted by Crippen LogP contribution is -2.24. The number of halogens is 2. The number of ether oxygens (including phenoxy) is 3. The number of allylic oxidation sites excluding steroid dienone is 1. The summed E-state index contributed by atoms with van der Waals surface area (Å²) in [5.74, 6) is -0.561. The van der Waals surface area contributed by atoms with Gasteiger partial charge in [0.05, 0.1) is 29.0 Å². The number of methoxy groups -OCH3 is 1. The maximum absolute atomic E-state index is 13.6. The van der Waals surface area contributed by atoms with Crippen molar-refractivity contribution in [2.45, 2.75) is 6.92 Å². The highest BCUT2D eigenvalue weighted by atomic mass is 35.5. The smallest absolute Gasteiger partial charge is 0.340 e. The van der Waals surface area contributed by atoms with Crippen molar-refractivity contribution in [1.82, 2.24) is 0 Å². The Morgan fingerprint density at radius 3 is 2.69 bits per heavy atom. The van der Waals surface area contributed by atoms with Crippen molar-refractivity contribution < 1.29 is 28.2 Å². The number of fused-ring (bicyclic) bond motifs is 1. The van der Waals surface area contributed by atoms with Gasteiger partial charge < -0.3 is 14.2 Å². The summed E-state index contributed by atoms with van der Waals surface area (Å²) >= 11 is 5.87. The van der Waals surface area contributed by atoms with Crippen molar-refractivity contribution >= 4 is 35.2 Å². The molecule has 8 heteroatoms. The molecule has 1 amide bonds. The molecule has 2 aromatic rings. The largest absolute Gasteiger partial charge is 0.465 e. The lowest BCUT2D eigenvalue weighted by molar-refractivity contribution is -0.136. The predicted molar refractivity (Wildman–Crippen MR) is 104 cm³/mol. The summed E-state index contributed by atoms with van der Waals surface area (Å²) in [7, 11) is 1.24. The van der Waals surface area contributed by atoms with E-state index in [0.29, 0.717) is 28.4 Å². The first kappa shape index (κ1) is 19.0. The Labute approximate surface area is 170 Å². The number of nitrogens with zero attached hydrogens (tertiary/aromatic N) is 1. The van der Waals surface area contributed by atoms with Crippen LogP contribution < -0.4 is 14.4 Å². The second kappa shape index (κ2) is 7.25. The van der Waals surface area contributed by atoms with Gasteiger partial charge in [0, 0.05) is 5.70 Å². The Hall–Kier alpha value is -3.32. The van der Waals surface area contributed by atoms with Crippen molar-refractivity contribution in [3.05, 3.63) is 69.6 Å². The van der Waals surface area contributed by atoms with Crippen LogP contribution in [0.2, 0.25) is 5.02 Å². The molecule has 2 aliphatic heterocycles. The highest BCUT2D eigenvalue weighted by molar-refractivity contribution is 6.31. The second-order valence-corrected chi connectivity index (χ2v) is 6.77. The lowest BCUT2D eigenvalue weighted by Gasteiger charge is -2.18. The molecule has 0 fully saturated rings. The fraction of sp³-hybridized carbons (Fsp3) is 0.143. The molecule has 0 bridgehead atoms. The topological polar surface area (TPSA) is 65.1 Å². The van der Waals surface area contributed by atoms with Gasteiger partial charge in [0.2, 0.25) is 6.79 Å². The van der Waals surface area contributed by atoms with E-state index in [0.717, 1.165) is 6.07 Å². The van der Waals surface area contributed by atoms with E-state index in [-0.39, 0.29) is 23.0 Å². The standard InChI is InChI=1S/C21H15ClFNO5/c1-11-19(21(26)27-2)14(7-12-3-6-17-18(8-12)29-10-28-17)20(25)24(11)13-4-5-16(23)15(22)9-13/h3-9H,10H2,1-2H3/b14-7-. The molecule has 0 N–H and O–H groups in total. The molecule has 29 heavy (non-hydrogen) atoms. The molecule has 148 valence electrons. The summed E-state index contributed by atoms with van der Waals surface area (Å²) in [4.78, 5) is 26.9. The van der Waals surface area contributed by atoms with Gasteiger partial charge in [-0.2, -0.15) is 0 Å².